The van der Waals surface area contributed by atoms with Gasteiger partial charge in [0.25, 0.3) is 0 Å². The van der Waals surface area contributed by atoms with Crippen LogP contribution in [-0.4, -0.2) is 23.6 Å². The number of hydrogen-bond acceptors (Lipinski definition) is 5. The molecule has 5 heteroatoms. The average Bonchev–Trinajstić information content (AvgIpc) is 2.24. The molecule has 0 atom stereocenters. The van der Waals surface area contributed by atoms with E-state index in [1.807, 2.05) is 13.2 Å². The third-order valence-corrected chi connectivity index (χ3v) is 2.98. The van der Waals surface area contributed by atoms with Gasteiger partial charge in [0.15, 0.2) is 6.19 Å². The van der Waals surface area contributed by atoms with Gasteiger partial charge in [0.1, 0.15) is 18.0 Å². The Morgan fingerprint density at radius 1 is 1.56 bits per heavy atom. The minimum Gasteiger partial charge on any atom is -0.359 e. The second kappa shape index (κ2) is 4.79. The average molecular weight is 217 g/mol. The van der Waals surface area contributed by atoms with E-state index < -0.39 is 0 Å². The molecule has 0 bridgehead atoms. The Bertz CT molecular complexity index is 394. The van der Waals surface area contributed by atoms with Gasteiger partial charge in [-0.1, -0.05) is 6.42 Å². The third-order valence-electron chi connectivity index (χ3n) is 2.98. The normalized spacial score (nSPS) is 15.0. The van der Waals surface area contributed by atoms with Crippen LogP contribution in [0.5, 0.6) is 0 Å². The molecule has 5 nitrogen and oxygen atoms in total. The second-order valence-electron chi connectivity index (χ2n) is 4.18. The Kier molecular flexibility index (Phi) is 3.20. The zero-order chi connectivity index (χ0) is 11.4. The number of hydrogen-bond donors (Lipinski definition) is 1. The summed E-state index contributed by atoms with van der Waals surface area (Å²) >= 11 is 0. The molecule has 1 aromatic heterocycles. The largest absolute Gasteiger partial charge is 0.359 e. The standard InChI is InChI=1S/C11H15N5/c1-16(6-9-3-2-4-9)11-5-10(13-7-12)14-8-15-11/h5,8-9H,2-4,6H2,1H3,(H,13,14,15). The molecular formula is C11H15N5. The lowest BCUT2D eigenvalue weighted by molar-refractivity contribution is 0.321. The summed E-state index contributed by atoms with van der Waals surface area (Å²) in [4.78, 5) is 10.3. The van der Waals surface area contributed by atoms with E-state index in [-0.39, 0.29) is 0 Å². The Balaban J connectivity index is 2.01. The highest BCUT2D eigenvalue weighted by Gasteiger charge is 2.19. The topological polar surface area (TPSA) is 64.8 Å². The van der Waals surface area contributed by atoms with Crippen LogP contribution in [0.2, 0.25) is 0 Å². The van der Waals surface area contributed by atoms with Crippen LogP contribution >= 0.6 is 0 Å². The van der Waals surface area contributed by atoms with E-state index in [1.165, 1.54) is 25.6 Å². The molecule has 0 spiro atoms. The monoisotopic (exact) mass is 217 g/mol. The molecule has 1 fully saturated rings. The first-order chi connectivity index (χ1) is 7.79. The van der Waals surface area contributed by atoms with Crippen molar-refractivity contribution in [2.75, 3.05) is 23.8 Å². The van der Waals surface area contributed by atoms with Crippen LogP contribution in [0.3, 0.4) is 0 Å². The number of nitrogens with one attached hydrogen (secondary N) is 1. The van der Waals surface area contributed by atoms with Crippen molar-refractivity contribution in [3.63, 3.8) is 0 Å². The van der Waals surface area contributed by atoms with E-state index >= 15 is 0 Å². The van der Waals surface area contributed by atoms with E-state index in [0.717, 1.165) is 18.3 Å². The highest BCUT2D eigenvalue weighted by Crippen LogP contribution is 2.28. The van der Waals surface area contributed by atoms with Gasteiger partial charge in [0.2, 0.25) is 0 Å². The molecule has 0 saturated heterocycles. The summed E-state index contributed by atoms with van der Waals surface area (Å²) in [5.41, 5.74) is 0. The first-order valence-electron chi connectivity index (χ1n) is 5.48. The first kappa shape index (κ1) is 10.7. The van der Waals surface area contributed by atoms with Gasteiger partial charge in [-0.3, -0.25) is 5.32 Å². The van der Waals surface area contributed by atoms with Crippen LogP contribution in [0.4, 0.5) is 11.6 Å². The maximum absolute atomic E-state index is 8.51. The Morgan fingerprint density at radius 3 is 3.00 bits per heavy atom. The fraction of sp³-hybridized carbons (Fsp3) is 0.545. The van der Waals surface area contributed by atoms with E-state index in [9.17, 15) is 0 Å². The molecule has 1 heterocycles. The van der Waals surface area contributed by atoms with Crippen molar-refractivity contribution in [1.82, 2.24) is 9.97 Å². The summed E-state index contributed by atoms with van der Waals surface area (Å²) in [5.74, 6) is 2.21. The lowest BCUT2D eigenvalue weighted by Gasteiger charge is -2.30. The van der Waals surface area contributed by atoms with Gasteiger partial charge in [0.05, 0.1) is 0 Å². The highest BCUT2D eigenvalue weighted by atomic mass is 15.2. The van der Waals surface area contributed by atoms with Crippen molar-refractivity contribution in [3.05, 3.63) is 12.4 Å². The van der Waals surface area contributed by atoms with Crippen molar-refractivity contribution in [2.24, 2.45) is 5.92 Å². The van der Waals surface area contributed by atoms with Crippen LogP contribution < -0.4 is 10.2 Å². The summed E-state index contributed by atoms with van der Waals surface area (Å²) in [6.45, 7) is 1.03. The molecular weight excluding hydrogens is 202 g/mol. The van der Waals surface area contributed by atoms with Gasteiger partial charge in [0, 0.05) is 19.7 Å². The summed E-state index contributed by atoms with van der Waals surface area (Å²) in [6.07, 6.45) is 7.32. The third kappa shape index (κ3) is 2.40. The molecule has 2 rings (SSSR count). The fourth-order valence-corrected chi connectivity index (χ4v) is 1.84. The molecule has 1 N–H and O–H groups in total. The van der Waals surface area contributed by atoms with Crippen LogP contribution in [0.25, 0.3) is 0 Å². The van der Waals surface area contributed by atoms with Gasteiger partial charge in [-0.2, -0.15) is 5.26 Å². The summed E-state index contributed by atoms with van der Waals surface area (Å²) in [7, 11) is 2.02. The minimum absolute atomic E-state index is 0.549. The van der Waals surface area contributed by atoms with Crippen molar-refractivity contribution >= 4 is 11.6 Å². The van der Waals surface area contributed by atoms with Crippen molar-refractivity contribution in [3.8, 4) is 6.19 Å². The zero-order valence-corrected chi connectivity index (χ0v) is 9.35. The highest BCUT2D eigenvalue weighted by molar-refractivity contribution is 5.49. The number of nitriles is 1. The van der Waals surface area contributed by atoms with Gasteiger partial charge < -0.3 is 4.90 Å². The number of anilines is 2. The molecule has 84 valence electrons. The molecule has 1 aliphatic carbocycles. The molecule has 0 aliphatic heterocycles. The predicted octanol–water partition coefficient (Wildman–Crippen LogP) is 1.61. The summed E-state index contributed by atoms with van der Waals surface area (Å²) < 4.78 is 0. The quantitative estimate of drug-likeness (QED) is 0.613. The molecule has 0 unspecified atom stereocenters. The summed E-state index contributed by atoms with van der Waals surface area (Å²) in [5, 5.41) is 11.0. The summed E-state index contributed by atoms with van der Waals surface area (Å²) in [6, 6.07) is 1.79. The van der Waals surface area contributed by atoms with Crippen LogP contribution in [0, 0.1) is 17.4 Å². The van der Waals surface area contributed by atoms with E-state index in [4.69, 9.17) is 5.26 Å². The maximum Gasteiger partial charge on any atom is 0.182 e. The van der Waals surface area contributed by atoms with Crippen molar-refractivity contribution in [2.45, 2.75) is 19.3 Å². The smallest absolute Gasteiger partial charge is 0.182 e. The van der Waals surface area contributed by atoms with Gasteiger partial charge >= 0.3 is 0 Å². The van der Waals surface area contributed by atoms with Crippen LogP contribution in [0.15, 0.2) is 12.4 Å². The SMILES string of the molecule is CN(CC1CCC1)c1cc(NC#N)ncn1. The number of aromatic nitrogens is 2. The molecule has 0 aromatic carbocycles. The predicted molar refractivity (Wildman–Crippen MR) is 61.9 cm³/mol. The van der Waals surface area contributed by atoms with Crippen LogP contribution in [-0.2, 0) is 0 Å². The molecule has 16 heavy (non-hydrogen) atoms. The second-order valence-corrected chi connectivity index (χ2v) is 4.18. The molecule has 1 aliphatic rings. The van der Waals surface area contributed by atoms with Gasteiger partial charge in [-0.05, 0) is 18.8 Å². The first-order valence-corrected chi connectivity index (χ1v) is 5.48. The minimum atomic E-state index is 0.549. The molecule has 0 radical (unpaired) electrons. The van der Waals surface area contributed by atoms with Crippen LogP contribution in [0.1, 0.15) is 19.3 Å². The lowest BCUT2D eigenvalue weighted by atomic mass is 9.85. The number of rotatable bonds is 4. The van der Waals surface area contributed by atoms with Gasteiger partial charge in [-0.25, -0.2) is 9.97 Å². The van der Waals surface area contributed by atoms with Gasteiger partial charge in [-0.15, -0.1) is 0 Å². The Labute approximate surface area is 95.1 Å². The lowest BCUT2D eigenvalue weighted by Crippen LogP contribution is -2.29. The number of nitrogens with zero attached hydrogens (tertiary/aromatic N) is 4. The van der Waals surface area contributed by atoms with Crippen molar-refractivity contribution < 1.29 is 0 Å². The molecule has 1 aromatic rings. The Hall–Kier alpha value is -1.83. The maximum atomic E-state index is 8.51. The van der Waals surface area contributed by atoms with E-state index in [2.05, 4.69) is 20.2 Å². The zero-order valence-electron chi connectivity index (χ0n) is 9.35. The van der Waals surface area contributed by atoms with E-state index in [1.54, 1.807) is 6.07 Å². The van der Waals surface area contributed by atoms with E-state index in [0.29, 0.717) is 5.82 Å². The Morgan fingerprint density at radius 2 is 2.38 bits per heavy atom. The fourth-order valence-electron chi connectivity index (χ4n) is 1.84. The molecule has 1 saturated carbocycles. The van der Waals surface area contributed by atoms with Crippen molar-refractivity contribution in [1.29, 1.82) is 5.26 Å². The molecule has 0 amide bonds.